The molecule has 0 spiro atoms. The maximum absolute atomic E-state index is 2.60. The summed E-state index contributed by atoms with van der Waals surface area (Å²) in [4.78, 5) is 0. The molecule has 25 heavy (non-hydrogen) atoms. The average molecular weight is 450 g/mol. The van der Waals surface area contributed by atoms with Crippen LogP contribution in [0, 0.1) is 31.6 Å². The van der Waals surface area contributed by atoms with Gasteiger partial charge in [-0.15, -0.1) is 0 Å². The van der Waals surface area contributed by atoms with Crippen LogP contribution >= 0.6 is 0 Å². The zero-order chi connectivity index (χ0) is 16.1. The van der Waals surface area contributed by atoms with E-state index in [4.69, 9.17) is 0 Å². The van der Waals surface area contributed by atoms with Gasteiger partial charge in [0, 0.05) is 0 Å². The zero-order valence-electron chi connectivity index (χ0n) is 15.6. The van der Waals surface area contributed by atoms with E-state index in [1.165, 1.54) is 11.1 Å². The van der Waals surface area contributed by atoms with Gasteiger partial charge in [-0.2, -0.15) is 0 Å². The van der Waals surface area contributed by atoms with Crippen molar-refractivity contribution in [3.8, 4) is 0 Å². The van der Waals surface area contributed by atoms with Gasteiger partial charge < -0.3 is 37.2 Å². The van der Waals surface area contributed by atoms with Crippen molar-refractivity contribution in [2.45, 2.75) is 43.6 Å². The van der Waals surface area contributed by atoms with Gasteiger partial charge in [-0.3, -0.25) is 0 Å². The fraction of sp³-hybridized carbons (Fsp3) is 0.500. The molecule has 0 radical (unpaired) electrons. The summed E-state index contributed by atoms with van der Waals surface area (Å²) in [5.41, 5.74) is 3.68. The van der Waals surface area contributed by atoms with Gasteiger partial charge in [-0.1, -0.05) is 0 Å². The summed E-state index contributed by atoms with van der Waals surface area (Å²) in [5, 5.41) is 1.65. The van der Waals surface area contributed by atoms with Gasteiger partial charge in [0.05, 0.1) is 0 Å². The molecular weight excluding hydrogens is 423 g/mol. The van der Waals surface area contributed by atoms with Crippen molar-refractivity contribution in [2.75, 3.05) is 0 Å². The van der Waals surface area contributed by atoms with E-state index in [0.29, 0.717) is 0 Å². The summed E-state index contributed by atoms with van der Waals surface area (Å²) in [6, 6.07) is 7.24. The number of rotatable bonds is 2. The molecule has 1 aromatic rings. The second kappa shape index (κ2) is 9.62. The third kappa shape index (κ3) is 4.68. The maximum atomic E-state index is 2.60. The molecule has 3 rings (SSSR count). The maximum Gasteiger partial charge on any atom is -1.00 e. The molecule has 0 saturated heterocycles. The molecular formula is C20H27Cl3SiTi. The van der Waals surface area contributed by atoms with E-state index >= 15 is 0 Å². The number of allylic oxidation sites excluding steroid dienone is 4. The van der Waals surface area contributed by atoms with Crippen LogP contribution in [0.3, 0.4) is 0 Å². The van der Waals surface area contributed by atoms with E-state index in [9.17, 15) is 0 Å². The Hall–Kier alpha value is 0.501. The molecule has 0 aromatic heterocycles. The Morgan fingerprint density at radius 2 is 1.32 bits per heavy atom. The van der Waals surface area contributed by atoms with Crippen molar-refractivity contribution in [3.05, 3.63) is 53.6 Å². The summed E-state index contributed by atoms with van der Waals surface area (Å²) in [7, 11) is -1.51. The predicted molar refractivity (Wildman–Crippen MR) is 95.0 cm³/mol. The summed E-state index contributed by atoms with van der Waals surface area (Å²) in [6.07, 6.45) is 9.52. The van der Waals surface area contributed by atoms with E-state index < -0.39 is 8.07 Å². The molecule has 5 heteroatoms. The first kappa shape index (κ1) is 25.5. The second-order valence-electron chi connectivity index (χ2n) is 7.93. The molecule has 1 aromatic carbocycles. The molecule has 136 valence electrons. The molecule has 0 bridgehead atoms. The van der Waals surface area contributed by atoms with E-state index in [-0.39, 0.29) is 37.2 Å². The van der Waals surface area contributed by atoms with Crippen LogP contribution in [0.25, 0.3) is 0 Å². The molecule has 2 aliphatic rings. The molecule has 2 aliphatic carbocycles. The number of hydrogen-bond donors (Lipinski definition) is 0. The van der Waals surface area contributed by atoms with Gasteiger partial charge in [0.1, 0.15) is 0 Å². The standard InChI is InChI=1S/C20H27Si.3ClH.Ti/c1-14-10-15(2)12-18(11-14)21(4,5)20-16(3)13-17-8-6-7-9-19(17)20;;;;/h6-13,16-17,19-20H,1-5H3;3*1H;/q;;;;+3/p-3. The second-order valence-corrected chi connectivity index (χ2v) is 13.7. The van der Waals surface area contributed by atoms with Gasteiger partial charge in [0.15, 0.2) is 0 Å². The number of fused-ring (bicyclic) bond motifs is 1. The minimum atomic E-state index is -1.51. The van der Waals surface area contributed by atoms with Crippen LogP contribution in [0.5, 0.6) is 0 Å². The van der Waals surface area contributed by atoms with Crippen molar-refractivity contribution in [3.63, 3.8) is 0 Å². The third-order valence-corrected chi connectivity index (χ3v) is 11.8. The van der Waals surface area contributed by atoms with Crippen LogP contribution < -0.4 is 42.4 Å². The molecule has 5 unspecified atom stereocenters. The van der Waals surface area contributed by atoms with Crippen LogP contribution in [0.2, 0.25) is 22.9 Å². The van der Waals surface area contributed by atoms with Gasteiger partial charge >= 0.3 is 149 Å². The van der Waals surface area contributed by atoms with Crippen LogP contribution in [-0.2, 0) is 20.4 Å². The monoisotopic (exact) mass is 448 g/mol. The SMILES string of the molecule is Cc1cc(C)cc([Si](C)(C)C2C(C)[CH]([Ti+3])C3C=CC=CC32)c1.[Cl-].[Cl-].[Cl-]. The molecule has 0 aliphatic heterocycles. The number of benzene rings is 1. The molecule has 0 nitrogen and oxygen atoms in total. The zero-order valence-corrected chi connectivity index (χ0v) is 20.4. The predicted octanol–water partition coefficient (Wildman–Crippen LogP) is -4.06. The summed E-state index contributed by atoms with van der Waals surface area (Å²) in [5.74, 6) is 2.31. The van der Waals surface area contributed by atoms with E-state index in [1.807, 2.05) is 0 Å². The fourth-order valence-electron chi connectivity index (χ4n) is 4.96. The topological polar surface area (TPSA) is 0 Å². The number of aryl methyl sites for hydroxylation is 2. The Morgan fingerprint density at radius 3 is 1.84 bits per heavy atom. The Balaban J connectivity index is 0.00000192. The molecule has 5 atom stereocenters. The summed E-state index contributed by atoms with van der Waals surface area (Å²) >= 11 is 2.47. The van der Waals surface area contributed by atoms with Gasteiger partial charge in [0.25, 0.3) is 0 Å². The summed E-state index contributed by atoms with van der Waals surface area (Å²) in [6.45, 7) is 12.2. The van der Waals surface area contributed by atoms with Crippen LogP contribution in [0.4, 0.5) is 0 Å². The van der Waals surface area contributed by atoms with Crippen molar-refractivity contribution >= 4 is 13.3 Å². The third-order valence-electron chi connectivity index (χ3n) is 5.98. The van der Waals surface area contributed by atoms with Gasteiger partial charge in [-0.25, -0.2) is 0 Å². The Bertz CT molecular complexity index is 622. The number of hydrogen-bond acceptors (Lipinski definition) is 0. The minimum absolute atomic E-state index is 0. The van der Waals surface area contributed by atoms with Crippen LogP contribution in [0.15, 0.2) is 42.5 Å². The van der Waals surface area contributed by atoms with Crippen molar-refractivity contribution in [1.29, 1.82) is 0 Å². The molecule has 0 heterocycles. The van der Waals surface area contributed by atoms with Crippen molar-refractivity contribution in [2.24, 2.45) is 17.8 Å². The Labute approximate surface area is 185 Å². The number of halogens is 3. The normalized spacial score (nSPS) is 30.0. The van der Waals surface area contributed by atoms with Crippen molar-refractivity contribution < 1.29 is 57.7 Å². The Kier molecular flexibility index (Phi) is 9.82. The molecule has 0 N–H and O–H groups in total. The van der Waals surface area contributed by atoms with E-state index in [1.54, 1.807) is 5.19 Å². The van der Waals surface area contributed by atoms with Crippen LogP contribution in [-0.4, -0.2) is 8.07 Å². The first-order valence-corrected chi connectivity index (χ1v) is 12.4. The van der Waals surface area contributed by atoms with E-state index in [2.05, 4.69) is 96.8 Å². The fourth-order valence-corrected chi connectivity index (χ4v) is 10.5. The quantitative estimate of drug-likeness (QED) is 0.403. The Morgan fingerprint density at radius 1 is 0.840 bits per heavy atom. The summed E-state index contributed by atoms with van der Waals surface area (Å²) < 4.78 is 0.800. The van der Waals surface area contributed by atoms with Crippen LogP contribution in [0.1, 0.15) is 18.1 Å². The largest absolute Gasteiger partial charge is 1.00 e. The average Bonchev–Trinajstić information content (AvgIpc) is 2.71. The first-order valence-electron chi connectivity index (χ1n) is 8.47. The minimum Gasteiger partial charge on any atom is -1.00 e. The van der Waals surface area contributed by atoms with Gasteiger partial charge in [0.2, 0.25) is 0 Å². The molecule has 1 fully saturated rings. The van der Waals surface area contributed by atoms with Crippen molar-refractivity contribution in [1.82, 2.24) is 0 Å². The molecule has 1 saturated carbocycles. The molecule has 0 amide bonds. The van der Waals surface area contributed by atoms with Gasteiger partial charge in [-0.05, 0) is 0 Å². The smallest absolute Gasteiger partial charge is 1.00 e. The van der Waals surface area contributed by atoms with E-state index in [0.717, 1.165) is 27.5 Å². The first-order chi connectivity index (χ1) is 10.3.